The van der Waals surface area contributed by atoms with Gasteiger partial charge in [-0.25, -0.2) is 4.79 Å². The van der Waals surface area contributed by atoms with Crippen molar-refractivity contribution < 1.29 is 9.53 Å². The molecule has 0 saturated heterocycles. The van der Waals surface area contributed by atoms with Gasteiger partial charge in [0.25, 0.3) is 0 Å². The Morgan fingerprint density at radius 2 is 2.00 bits per heavy atom. The molecule has 0 aromatic rings. The number of rotatable bonds is 2. The highest BCUT2D eigenvalue weighted by Gasteiger charge is 2.03. The number of nitrogens with one attached hydrogen (secondary N) is 1. The number of carbonyl (C=O) groups is 1. The van der Waals surface area contributed by atoms with Crippen LogP contribution >= 0.6 is 0 Å². The Hall–Kier alpha value is -0.990. The molecule has 0 aliphatic heterocycles. The summed E-state index contributed by atoms with van der Waals surface area (Å²) in [5.41, 5.74) is 1.04. The molecule has 0 rings (SSSR count). The summed E-state index contributed by atoms with van der Waals surface area (Å²) in [4.78, 5) is 10.7. The zero-order valence-electron chi connectivity index (χ0n) is 7.52. The zero-order valence-corrected chi connectivity index (χ0v) is 7.52. The third kappa shape index (κ3) is 3.65. The molecule has 0 atom stereocenters. The monoisotopic (exact) mass is 157 g/mol. The number of hydrogen-bond acceptors (Lipinski definition) is 2. The standard InChI is InChI=1S/C8H15NO2/c1-5-7(6(2)3)11-8(10)9-4/h5H2,1-4H3,(H,9,10). The molecule has 1 N–H and O–H groups in total. The van der Waals surface area contributed by atoms with Crippen LogP contribution in [0.25, 0.3) is 0 Å². The number of ether oxygens (including phenoxy) is 1. The number of amides is 1. The van der Waals surface area contributed by atoms with Gasteiger partial charge in [-0.3, -0.25) is 0 Å². The van der Waals surface area contributed by atoms with Crippen LogP contribution in [0.4, 0.5) is 4.79 Å². The lowest BCUT2D eigenvalue weighted by molar-refractivity contribution is 0.175. The summed E-state index contributed by atoms with van der Waals surface area (Å²) >= 11 is 0. The summed E-state index contributed by atoms with van der Waals surface area (Å²) in [7, 11) is 1.54. The first kappa shape index (κ1) is 10.0. The van der Waals surface area contributed by atoms with Crippen molar-refractivity contribution in [3.8, 4) is 0 Å². The second kappa shape index (κ2) is 4.77. The predicted molar refractivity (Wildman–Crippen MR) is 44.2 cm³/mol. The van der Waals surface area contributed by atoms with Gasteiger partial charge in [0, 0.05) is 13.5 Å². The lowest BCUT2D eigenvalue weighted by Crippen LogP contribution is -2.19. The molecule has 1 amide bonds. The molecule has 0 heterocycles. The first-order valence-corrected chi connectivity index (χ1v) is 3.67. The summed E-state index contributed by atoms with van der Waals surface area (Å²) < 4.78 is 4.94. The maximum Gasteiger partial charge on any atom is 0.412 e. The summed E-state index contributed by atoms with van der Waals surface area (Å²) in [5, 5.41) is 2.39. The molecular weight excluding hydrogens is 142 g/mol. The largest absolute Gasteiger partial charge is 0.415 e. The average Bonchev–Trinajstić information content (AvgIpc) is 1.99. The van der Waals surface area contributed by atoms with E-state index in [1.54, 1.807) is 7.05 Å². The van der Waals surface area contributed by atoms with Gasteiger partial charge < -0.3 is 10.1 Å². The Kier molecular flexibility index (Phi) is 4.34. The van der Waals surface area contributed by atoms with E-state index in [-0.39, 0.29) is 0 Å². The minimum Gasteiger partial charge on any atom is -0.415 e. The zero-order chi connectivity index (χ0) is 8.85. The van der Waals surface area contributed by atoms with E-state index in [1.807, 2.05) is 20.8 Å². The van der Waals surface area contributed by atoms with E-state index in [4.69, 9.17) is 4.74 Å². The highest BCUT2D eigenvalue weighted by molar-refractivity contribution is 5.68. The van der Waals surface area contributed by atoms with Crippen molar-refractivity contribution in [2.75, 3.05) is 7.05 Å². The Balaban J connectivity index is 4.11. The van der Waals surface area contributed by atoms with Gasteiger partial charge in [-0.1, -0.05) is 6.92 Å². The Bertz CT molecular complexity index is 169. The second-order valence-electron chi connectivity index (χ2n) is 2.42. The number of carbonyl (C=O) groups excluding carboxylic acids is 1. The van der Waals surface area contributed by atoms with Crippen molar-refractivity contribution in [3.63, 3.8) is 0 Å². The van der Waals surface area contributed by atoms with Crippen molar-refractivity contribution in [1.82, 2.24) is 5.32 Å². The molecule has 11 heavy (non-hydrogen) atoms. The highest BCUT2D eigenvalue weighted by Crippen LogP contribution is 2.08. The molecule has 0 saturated carbocycles. The van der Waals surface area contributed by atoms with Crippen LogP contribution in [0.5, 0.6) is 0 Å². The second-order valence-corrected chi connectivity index (χ2v) is 2.42. The van der Waals surface area contributed by atoms with Crippen LogP contribution in [0.1, 0.15) is 27.2 Å². The molecule has 0 spiro atoms. The minimum atomic E-state index is -0.400. The Morgan fingerprint density at radius 3 is 2.27 bits per heavy atom. The molecule has 0 unspecified atom stereocenters. The predicted octanol–water partition coefficient (Wildman–Crippen LogP) is 2.05. The van der Waals surface area contributed by atoms with Crippen LogP contribution in [-0.2, 0) is 4.74 Å². The number of alkyl carbamates (subject to hydrolysis) is 1. The van der Waals surface area contributed by atoms with Crippen molar-refractivity contribution in [1.29, 1.82) is 0 Å². The van der Waals surface area contributed by atoms with Crippen molar-refractivity contribution in [2.24, 2.45) is 0 Å². The summed E-state index contributed by atoms with van der Waals surface area (Å²) in [6, 6.07) is 0. The summed E-state index contributed by atoms with van der Waals surface area (Å²) in [6.45, 7) is 5.79. The molecule has 3 nitrogen and oxygen atoms in total. The molecule has 0 aromatic heterocycles. The van der Waals surface area contributed by atoms with Crippen LogP contribution in [0.3, 0.4) is 0 Å². The van der Waals surface area contributed by atoms with Crippen LogP contribution in [-0.4, -0.2) is 13.1 Å². The average molecular weight is 157 g/mol. The van der Waals surface area contributed by atoms with E-state index in [0.29, 0.717) is 0 Å². The first-order valence-electron chi connectivity index (χ1n) is 3.67. The van der Waals surface area contributed by atoms with Crippen LogP contribution in [0, 0.1) is 0 Å². The number of hydrogen-bond donors (Lipinski definition) is 1. The van der Waals surface area contributed by atoms with E-state index < -0.39 is 6.09 Å². The SMILES string of the molecule is CCC(OC(=O)NC)=C(C)C. The fourth-order valence-electron chi connectivity index (χ4n) is 0.691. The van der Waals surface area contributed by atoms with Gasteiger partial charge in [0.1, 0.15) is 5.76 Å². The maximum atomic E-state index is 10.7. The van der Waals surface area contributed by atoms with Gasteiger partial charge in [0.05, 0.1) is 0 Å². The molecule has 64 valence electrons. The molecule has 0 aliphatic rings. The topological polar surface area (TPSA) is 38.3 Å². The highest BCUT2D eigenvalue weighted by atomic mass is 16.6. The van der Waals surface area contributed by atoms with Gasteiger partial charge in [-0.05, 0) is 19.4 Å². The first-order chi connectivity index (χ1) is 5.11. The third-order valence-electron chi connectivity index (χ3n) is 1.30. The smallest absolute Gasteiger partial charge is 0.412 e. The molecule has 0 aliphatic carbocycles. The van der Waals surface area contributed by atoms with Crippen LogP contribution in [0.15, 0.2) is 11.3 Å². The van der Waals surface area contributed by atoms with E-state index in [9.17, 15) is 4.79 Å². The minimum absolute atomic E-state index is 0.400. The van der Waals surface area contributed by atoms with Crippen molar-refractivity contribution >= 4 is 6.09 Å². The van der Waals surface area contributed by atoms with Crippen molar-refractivity contribution in [3.05, 3.63) is 11.3 Å². The fraction of sp³-hybridized carbons (Fsp3) is 0.625. The number of allylic oxidation sites excluding steroid dienone is 2. The van der Waals surface area contributed by atoms with Gasteiger partial charge in [-0.2, -0.15) is 0 Å². The molecule has 3 heteroatoms. The summed E-state index contributed by atoms with van der Waals surface area (Å²) in [6.07, 6.45) is 0.346. The van der Waals surface area contributed by atoms with Gasteiger partial charge in [0.15, 0.2) is 0 Å². The van der Waals surface area contributed by atoms with E-state index in [0.717, 1.165) is 17.8 Å². The molecule has 0 bridgehead atoms. The Morgan fingerprint density at radius 1 is 1.45 bits per heavy atom. The van der Waals surface area contributed by atoms with Crippen LogP contribution in [0.2, 0.25) is 0 Å². The molecule has 0 fully saturated rings. The van der Waals surface area contributed by atoms with Crippen LogP contribution < -0.4 is 5.32 Å². The summed E-state index contributed by atoms with van der Waals surface area (Å²) in [5.74, 6) is 0.740. The van der Waals surface area contributed by atoms with Crippen molar-refractivity contribution in [2.45, 2.75) is 27.2 Å². The molecule has 0 radical (unpaired) electrons. The van der Waals surface area contributed by atoms with Gasteiger partial charge in [-0.15, -0.1) is 0 Å². The molecular formula is C8H15NO2. The lowest BCUT2D eigenvalue weighted by Gasteiger charge is -2.07. The normalized spacial score (nSPS) is 8.73. The van der Waals surface area contributed by atoms with E-state index >= 15 is 0 Å². The maximum absolute atomic E-state index is 10.7. The fourth-order valence-corrected chi connectivity index (χ4v) is 0.691. The van der Waals surface area contributed by atoms with Gasteiger partial charge in [0.2, 0.25) is 0 Å². The van der Waals surface area contributed by atoms with Gasteiger partial charge >= 0.3 is 6.09 Å². The lowest BCUT2D eigenvalue weighted by atomic mass is 10.2. The Labute approximate surface area is 67.4 Å². The molecule has 0 aromatic carbocycles. The quantitative estimate of drug-likeness (QED) is 0.623. The van der Waals surface area contributed by atoms with E-state index in [2.05, 4.69) is 5.32 Å². The third-order valence-corrected chi connectivity index (χ3v) is 1.30. The van der Waals surface area contributed by atoms with E-state index in [1.165, 1.54) is 0 Å².